The number of aryl methyl sites for hydroxylation is 1. The molecule has 0 radical (unpaired) electrons. The summed E-state index contributed by atoms with van der Waals surface area (Å²) in [5.41, 5.74) is 0.828. The standard InChI is InChI=1S/C13H13BrN6S/c1-15-12-9-6-17-20(2)13(9)19-10(18-12)7-21-11-4-3-8(14)5-16-11/h3-6H,7H2,1-2H3,(H,15,18,19). The molecule has 0 aliphatic carbocycles. The van der Waals surface area contributed by atoms with E-state index in [4.69, 9.17) is 0 Å². The first-order valence-corrected chi connectivity index (χ1v) is 8.06. The second-order valence-electron chi connectivity index (χ2n) is 4.35. The molecular formula is C13H13BrN6S. The number of hydrogen-bond acceptors (Lipinski definition) is 6. The Kier molecular flexibility index (Phi) is 4.07. The summed E-state index contributed by atoms with van der Waals surface area (Å²) in [7, 11) is 3.73. The summed E-state index contributed by atoms with van der Waals surface area (Å²) in [6.45, 7) is 0. The predicted octanol–water partition coefficient (Wildman–Crippen LogP) is 2.85. The van der Waals surface area contributed by atoms with E-state index in [1.165, 1.54) is 0 Å². The fourth-order valence-corrected chi connectivity index (χ4v) is 2.84. The smallest absolute Gasteiger partial charge is 0.163 e. The second-order valence-corrected chi connectivity index (χ2v) is 6.26. The van der Waals surface area contributed by atoms with Gasteiger partial charge < -0.3 is 5.32 Å². The molecule has 3 aromatic rings. The zero-order valence-electron chi connectivity index (χ0n) is 11.5. The molecule has 3 rings (SSSR count). The largest absolute Gasteiger partial charge is 0.372 e. The first-order valence-electron chi connectivity index (χ1n) is 6.28. The van der Waals surface area contributed by atoms with Gasteiger partial charge in [-0.15, -0.1) is 0 Å². The maximum absolute atomic E-state index is 4.57. The zero-order chi connectivity index (χ0) is 14.8. The molecule has 0 saturated carbocycles. The maximum atomic E-state index is 4.57. The number of rotatable bonds is 4. The minimum absolute atomic E-state index is 0.657. The van der Waals surface area contributed by atoms with Crippen molar-refractivity contribution in [2.24, 2.45) is 7.05 Å². The quantitative estimate of drug-likeness (QED) is 0.717. The lowest BCUT2D eigenvalue weighted by Crippen LogP contribution is -2.02. The van der Waals surface area contributed by atoms with E-state index in [1.807, 2.05) is 26.2 Å². The average molecular weight is 365 g/mol. The lowest BCUT2D eigenvalue weighted by molar-refractivity contribution is 0.782. The zero-order valence-corrected chi connectivity index (χ0v) is 13.9. The summed E-state index contributed by atoms with van der Waals surface area (Å²) in [4.78, 5) is 13.4. The van der Waals surface area contributed by atoms with Gasteiger partial charge in [-0.2, -0.15) is 5.10 Å². The molecule has 0 saturated heterocycles. The number of fused-ring (bicyclic) bond motifs is 1. The Morgan fingerprint density at radius 1 is 1.29 bits per heavy atom. The topological polar surface area (TPSA) is 68.5 Å². The first-order chi connectivity index (χ1) is 10.2. The molecule has 0 spiro atoms. The van der Waals surface area contributed by atoms with E-state index >= 15 is 0 Å². The molecule has 3 heterocycles. The number of hydrogen-bond donors (Lipinski definition) is 1. The molecule has 0 atom stereocenters. The molecule has 3 aromatic heterocycles. The Morgan fingerprint density at radius 3 is 2.86 bits per heavy atom. The van der Waals surface area contributed by atoms with Crippen molar-refractivity contribution in [2.75, 3.05) is 12.4 Å². The number of anilines is 1. The SMILES string of the molecule is CNc1nc(CSc2ccc(Br)cn2)nc2c1cnn2C. The van der Waals surface area contributed by atoms with Gasteiger partial charge >= 0.3 is 0 Å². The van der Waals surface area contributed by atoms with E-state index in [9.17, 15) is 0 Å². The van der Waals surface area contributed by atoms with E-state index in [0.29, 0.717) is 5.75 Å². The van der Waals surface area contributed by atoms with Crippen molar-refractivity contribution >= 4 is 44.5 Å². The van der Waals surface area contributed by atoms with E-state index in [-0.39, 0.29) is 0 Å². The lowest BCUT2D eigenvalue weighted by Gasteiger charge is -2.05. The number of thioether (sulfide) groups is 1. The van der Waals surface area contributed by atoms with Gasteiger partial charge in [0.25, 0.3) is 0 Å². The monoisotopic (exact) mass is 364 g/mol. The van der Waals surface area contributed by atoms with Crippen LogP contribution >= 0.6 is 27.7 Å². The predicted molar refractivity (Wildman–Crippen MR) is 87.3 cm³/mol. The van der Waals surface area contributed by atoms with Crippen LogP contribution in [0.4, 0.5) is 5.82 Å². The van der Waals surface area contributed by atoms with Crippen molar-refractivity contribution in [1.29, 1.82) is 0 Å². The van der Waals surface area contributed by atoms with Crippen LogP contribution in [0.2, 0.25) is 0 Å². The van der Waals surface area contributed by atoms with Crippen LogP contribution in [-0.4, -0.2) is 31.8 Å². The molecular weight excluding hydrogens is 352 g/mol. The molecule has 6 nitrogen and oxygen atoms in total. The molecule has 0 bridgehead atoms. The minimum atomic E-state index is 0.657. The Morgan fingerprint density at radius 2 is 2.14 bits per heavy atom. The van der Waals surface area contributed by atoms with Gasteiger partial charge in [-0.25, -0.2) is 15.0 Å². The van der Waals surface area contributed by atoms with Gasteiger partial charge in [-0.05, 0) is 28.1 Å². The fraction of sp³-hybridized carbons (Fsp3) is 0.231. The van der Waals surface area contributed by atoms with Crippen molar-refractivity contribution in [3.63, 3.8) is 0 Å². The van der Waals surface area contributed by atoms with Crippen LogP contribution < -0.4 is 5.32 Å². The molecule has 0 aliphatic heterocycles. The van der Waals surface area contributed by atoms with Crippen LogP contribution in [-0.2, 0) is 12.8 Å². The highest BCUT2D eigenvalue weighted by Gasteiger charge is 2.10. The van der Waals surface area contributed by atoms with Crippen LogP contribution in [0.1, 0.15) is 5.82 Å². The van der Waals surface area contributed by atoms with Crippen molar-refractivity contribution in [3.05, 3.63) is 34.8 Å². The minimum Gasteiger partial charge on any atom is -0.372 e. The molecule has 21 heavy (non-hydrogen) atoms. The number of aromatic nitrogens is 5. The number of nitrogens with zero attached hydrogens (tertiary/aromatic N) is 5. The summed E-state index contributed by atoms with van der Waals surface area (Å²) in [5.74, 6) is 2.21. The third kappa shape index (κ3) is 3.01. The molecule has 0 fully saturated rings. The van der Waals surface area contributed by atoms with Gasteiger partial charge in [-0.3, -0.25) is 4.68 Å². The average Bonchev–Trinajstić information content (AvgIpc) is 2.87. The van der Waals surface area contributed by atoms with Crippen molar-refractivity contribution in [1.82, 2.24) is 24.7 Å². The van der Waals surface area contributed by atoms with Crippen LogP contribution in [0.3, 0.4) is 0 Å². The van der Waals surface area contributed by atoms with Crippen molar-refractivity contribution in [2.45, 2.75) is 10.8 Å². The van der Waals surface area contributed by atoms with E-state index in [1.54, 1.807) is 28.8 Å². The van der Waals surface area contributed by atoms with Gasteiger partial charge in [0.15, 0.2) is 5.65 Å². The first kappa shape index (κ1) is 14.3. The third-order valence-corrected chi connectivity index (χ3v) is 4.33. The number of nitrogens with one attached hydrogen (secondary N) is 1. The molecule has 0 aromatic carbocycles. The highest BCUT2D eigenvalue weighted by Crippen LogP contribution is 2.24. The highest BCUT2D eigenvalue weighted by molar-refractivity contribution is 9.10. The maximum Gasteiger partial charge on any atom is 0.163 e. The molecule has 0 amide bonds. The Labute approximate surface area is 134 Å². The summed E-state index contributed by atoms with van der Waals surface area (Å²) in [6.07, 6.45) is 3.56. The summed E-state index contributed by atoms with van der Waals surface area (Å²) < 4.78 is 2.72. The third-order valence-electron chi connectivity index (χ3n) is 2.92. The molecule has 8 heteroatoms. The van der Waals surface area contributed by atoms with Gasteiger partial charge in [0.2, 0.25) is 0 Å². The Hall–Kier alpha value is -1.67. The molecule has 0 unspecified atom stereocenters. The van der Waals surface area contributed by atoms with Gasteiger partial charge in [0.05, 0.1) is 22.4 Å². The summed E-state index contributed by atoms with van der Waals surface area (Å²) in [6, 6.07) is 3.94. The second kappa shape index (κ2) is 5.98. The van der Waals surface area contributed by atoms with E-state index in [2.05, 4.69) is 41.3 Å². The number of halogens is 1. The van der Waals surface area contributed by atoms with Crippen molar-refractivity contribution in [3.8, 4) is 0 Å². The van der Waals surface area contributed by atoms with E-state index < -0.39 is 0 Å². The molecule has 1 N–H and O–H groups in total. The van der Waals surface area contributed by atoms with Crippen LogP contribution in [0, 0.1) is 0 Å². The summed E-state index contributed by atoms with van der Waals surface area (Å²) in [5, 5.41) is 9.19. The van der Waals surface area contributed by atoms with Gasteiger partial charge in [-0.1, -0.05) is 11.8 Å². The van der Waals surface area contributed by atoms with Gasteiger partial charge in [0, 0.05) is 24.8 Å². The Bertz CT molecular complexity index is 770. The van der Waals surface area contributed by atoms with Crippen LogP contribution in [0.25, 0.3) is 11.0 Å². The van der Waals surface area contributed by atoms with E-state index in [0.717, 1.165) is 32.2 Å². The van der Waals surface area contributed by atoms with Crippen molar-refractivity contribution < 1.29 is 0 Å². The lowest BCUT2D eigenvalue weighted by atomic mass is 10.4. The Balaban J connectivity index is 1.86. The number of pyridine rings is 1. The summed E-state index contributed by atoms with van der Waals surface area (Å²) >= 11 is 4.98. The van der Waals surface area contributed by atoms with Crippen LogP contribution in [0.15, 0.2) is 34.0 Å². The van der Waals surface area contributed by atoms with Crippen LogP contribution in [0.5, 0.6) is 0 Å². The normalized spacial score (nSPS) is 11.0. The highest BCUT2D eigenvalue weighted by atomic mass is 79.9. The van der Waals surface area contributed by atoms with Gasteiger partial charge in [0.1, 0.15) is 11.6 Å². The molecule has 108 valence electrons. The fourth-order valence-electron chi connectivity index (χ4n) is 1.91. The molecule has 0 aliphatic rings.